The Hall–Kier alpha value is -1.86. The minimum atomic E-state index is 0.612. The van der Waals surface area contributed by atoms with Crippen LogP contribution in [0, 0.1) is 11.8 Å². The monoisotopic (exact) mass is 249 g/mol. The smallest absolute Gasteiger partial charge is 0.203 e. The van der Waals surface area contributed by atoms with Crippen LogP contribution < -0.4 is 19.5 Å². The van der Waals surface area contributed by atoms with Gasteiger partial charge in [0.1, 0.15) is 0 Å². The molecule has 1 rings (SSSR count). The SMILES string of the molecule is CC#CCNCc1ccc(OC)c(OC)c1OC. The summed E-state index contributed by atoms with van der Waals surface area (Å²) in [6.45, 7) is 3.13. The minimum Gasteiger partial charge on any atom is -0.493 e. The van der Waals surface area contributed by atoms with E-state index in [1.54, 1.807) is 21.3 Å². The third kappa shape index (κ3) is 3.31. The molecule has 0 aromatic heterocycles. The Balaban J connectivity index is 2.93. The lowest BCUT2D eigenvalue weighted by molar-refractivity contribution is 0.321. The summed E-state index contributed by atoms with van der Waals surface area (Å²) in [5, 5.41) is 3.22. The summed E-state index contributed by atoms with van der Waals surface area (Å²) < 4.78 is 15.9. The second-order valence-corrected chi connectivity index (χ2v) is 3.52. The van der Waals surface area contributed by atoms with Gasteiger partial charge in [0, 0.05) is 12.1 Å². The molecule has 0 unspecified atom stereocenters. The van der Waals surface area contributed by atoms with E-state index in [0.29, 0.717) is 30.3 Å². The van der Waals surface area contributed by atoms with Gasteiger partial charge in [0.2, 0.25) is 5.75 Å². The van der Waals surface area contributed by atoms with E-state index >= 15 is 0 Å². The van der Waals surface area contributed by atoms with Crippen molar-refractivity contribution in [2.45, 2.75) is 13.5 Å². The summed E-state index contributed by atoms with van der Waals surface area (Å²) in [5.41, 5.74) is 1.01. The van der Waals surface area contributed by atoms with Crippen LogP contribution in [0.5, 0.6) is 17.2 Å². The zero-order chi connectivity index (χ0) is 13.4. The van der Waals surface area contributed by atoms with Gasteiger partial charge in [-0.2, -0.15) is 0 Å². The lowest BCUT2D eigenvalue weighted by atomic mass is 10.1. The second kappa shape index (κ2) is 7.46. The van der Waals surface area contributed by atoms with Crippen LogP contribution >= 0.6 is 0 Å². The molecule has 4 heteroatoms. The third-order valence-corrected chi connectivity index (χ3v) is 2.49. The van der Waals surface area contributed by atoms with Crippen LogP contribution in [0.4, 0.5) is 0 Å². The number of rotatable bonds is 6. The average molecular weight is 249 g/mol. The van der Waals surface area contributed by atoms with Gasteiger partial charge in [0.25, 0.3) is 0 Å². The summed E-state index contributed by atoms with van der Waals surface area (Å²) in [6, 6.07) is 3.82. The zero-order valence-corrected chi connectivity index (χ0v) is 11.3. The Labute approximate surface area is 108 Å². The van der Waals surface area contributed by atoms with Crippen molar-refractivity contribution >= 4 is 0 Å². The van der Waals surface area contributed by atoms with Crippen LogP contribution in [0.15, 0.2) is 12.1 Å². The molecule has 1 aromatic rings. The van der Waals surface area contributed by atoms with Crippen molar-refractivity contribution in [2.24, 2.45) is 0 Å². The van der Waals surface area contributed by atoms with E-state index in [9.17, 15) is 0 Å². The fourth-order valence-electron chi connectivity index (χ4n) is 1.65. The van der Waals surface area contributed by atoms with Crippen molar-refractivity contribution in [3.05, 3.63) is 17.7 Å². The molecule has 4 nitrogen and oxygen atoms in total. The Morgan fingerprint density at radius 1 is 1.06 bits per heavy atom. The fourth-order valence-corrected chi connectivity index (χ4v) is 1.65. The summed E-state index contributed by atoms with van der Waals surface area (Å²) in [5.74, 6) is 7.74. The molecule has 0 fully saturated rings. The maximum Gasteiger partial charge on any atom is 0.203 e. The summed E-state index contributed by atoms with van der Waals surface area (Å²) >= 11 is 0. The number of ether oxygens (including phenoxy) is 3. The Kier molecular flexibility index (Phi) is 5.89. The molecule has 0 aliphatic carbocycles. The fraction of sp³-hybridized carbons (Fsp3) is 0.429. The van der Waals surface area contributed by atoms with Crippen LogP contribution in [0.2, 0.25) is 0 Å². The molecule has 0 aliphatic rings. The molecular weight excluding hydrogens is 230 g/mol. The summed E-state index contributed by atoms with van der Waals surface area (Å²) in [6.07, 6.45) is 0. The van der Waals surface area contributed by atoms with Gasteiger partial charge < -0.3 is 19.5 Å². The highest BCUT2D eigenvalue weighted by molar-refractivity contribution is 5.55. The first-order valence-corrected chi connectivity index (χ1v) is 5.66. The third-order valence-electron chi connectivity index (χ3n) is 2.49. The topological polar surface area (TPSA) is 39.7 Å². The summed E-state index contributed by atoms with van der Waals surface area (Å²) in [4.78, 5) is 0. The standard InChI is InChI=1S/C14H19NO3/c1-5-6-9-15-10-11-7-8-12(16-2)14(18-4)13(11)17-3/h7-8,15H,9-10H2,1-4H3. The number of hydrogen-bond acceptors (Lipinski definition) is 4. The number of benzene rings is 1. The van der Waals surface area contributed by atoms with E-state index in [2.05, 4.69) is 17.2 Å². The van der Waals surface area contributed by atoms with E-state index in [4.69, 9.17) is 14.2 Å². The lowest BCUT2D eigenvalue weighted by Crippen LogP contribution is -2.14. The van der Waals surface area contributed by atoms with Crippen molar-refractivity contribution < 1.29 is 14.2 Å². The molecule has 98 valence electrons. The maximum atomic E-state index is 5.39. The largest absolute Gasteiger partial charge is 0.493 e. The number of hydrogen-bond donors (Lipinski definition) is 1. The predicted molar refractivity (Wildman–Crippen MR) is 71.3 cm³/mol. The van der Waals surface area contributed by atoms with Crippen LogP contribution in [0.1, 0.15) is 12.5 Å². The van der Waals surface area contributed by atoms with E-state index in [1.165, 1.54) is 0 Å². The molecule has 0 heterocycles. The average Bonchev–Trinajstić information content (AvgIpc) is 2.42. The Morgan fingerprint density at radius 2 is 1.78 bits per heavy atom. The van der Waals surface area contributed by atoms with Gasteiger partial charge in [-0.15, -0.1) is 5.92 Å². The molecule has 0 atom stereocenters. The van der Waals surface area contributed by atoms with Gasteiger partial charge in [-0.1, -0.05) is 12.0 Å². The molecule has 0 saturated heterocycles. The highest BCUT2D eigenvalue weighted by atomic mass is 16.5. The van der Waals surface area contributed by atoms with Crippen molar-refractivity contribution in [1.29, 1.82) is 0 Å². The molecule has 0 spiro atoms. The van der Waals surface area contributed by atoms with Crippen LogP contribution in [-0.2, 0) is 6.54 Å². The summed E-state index contributed by atoms with van der Waals surface area (Å²) in [7, 11) is 4.82. The van der Waals surface area contributed by atoms with Crippen molar-refractivity contribution in [1.82, 2.24) is 5.32 Å². The molecule has 1 N–H and O–H groups in total. The predicted octanol–water partition coefficient (Wildman–Crippen LogP) is 1.83. The quantitative estimate of drug-likeness (QED) is 0.616. The van der Waals surface area contributed by atoms with Crippen molar-refractivity contribution in [3.63, 3.8) is 0 Å². The normalized spacial score (nSPS) is 9.33. The van der Waals surface area contributed by atoms with E-state index in [1.807, 2.05) is 19.1 Å². The first kappa shape index (κ1) is 14.2. The van der Waals surface area contributed by atoms with Gasteiger partial charge in [0.15, 0.2) is 11.5 Å². The first-order valence-electron chi connectivity index (χ1n) is 5.66. The number of nitrogens with one attached hydrogen (secondary N) is 1. The highest BCUT2D eigenvalue weighted by Crippen LogP contribution is 2.39. The molecule has 0 bridgehead atoms. The van der Waals surface area contributed by atoms with Crippen LogP contribution in [0.25, 0.3) is 0 Å². The zero-order valence-electron chi connectivity index (χ0n) is 11.3. The van der Waals surface area contributed by atoms with Crippen LogP contribution in [0.3, 0.4) is 0 Å². The van der Waals surface area contributed by atoms with Crippen LogP contribution in [-0.4, -0.2) is 27.9 Å². The molecule has 1 aromatic carbocycles. The van der Waals surface area contributed by atoms with Gasteiger partial charge in [0.05, 0.1) is 27.9 Å². The molecule has 0 radical (unpaired) electrons. The molecular formula is C14H19NO3. The van der Waals surface area contributed by atoms with E-state index < -0.39 is 0 Å². The molecule has 0 amide bonds. The number of methoxy groups -OCH3 is 3. The first-order chi connectivity index (χ1) is 8.78. The maximum absolute atomic E-state index is 5.39. The van der Waals surface area contributed by atoms with Crippen molar-refractivity contribution in [3.8, 4) is 29.1 Å². The van der Waals surface area contributed by atoms with Gasteiger partial charge in [-0.05, 0) is 13.0 Å². The molecule has 18 heavy (non-hydrogen) atoms. The Morgan fingerprint density at radius 3 is 2.33 bits per heavy atom. The van der Waals surface area contributed by atoms with Gasteiger partial charge >= 0.3 is 0 Å². The second-order valence-electron chi connectivity index (χ2n) is 3.52. The van der Waals surface area contributed by atoms with Gasteiger partial charge in [-0.3, -0.25) is 0 Å². The molecule has 0 aliphatic heterocycles. The van der Waals surface area contributed by atoms with E-state index in [0.717, 1.165) is 5.56 Å². The molecule has 0 saturated carbocycles. The Bertz CT molecular complexity index is 446. The minimum absolute atomic E-state index is 0.612. The van der Waals surface area contributed by atoms with E-state index in [-0.39, 0.29) is 0 Å². The lowest BCUT2D eigenvalue weighted by Gasteiger charge is -2.15. The van der Waals surface area contributed by atoms with Crippen molar-refractivity contribution in [2.75, 3.05) is 27.9 Å². The van der Waals surface area contributed by atoms with Gasteiger partial charge in [-0.25, -0.2) is 0 Å². The highest BCUT2D eigenvalue weighted by Gasteiger charge is 2.14.